The molecule has 0 atom stereocenters. The Kier molecular flexibility index (Phi) is 5.73. The number of aryl methyl sites for hydroxylation is 1. The highest BCUT2D eigenvalue weighted by Crippen LogP contribution is 2.25. The average Bonchev–Trinajstić information content (AvgIpc) is 3.25. The highest BCUT2D eigenvalue weighted by Gasteiger charge is 2.29. The smallest absolute Gasteiger partial charge is 0.338 e. The quantitative estimate of drug-likeness (QED) is 0.471. The molecule has 158 valence electrons. The summed E-state index contributed by atoms with van der Waals surface area (Å²) in [6.07, 6.45) is 0. The van der Waals surface area contributed by atoms with Gasteiger partial charge in [0, 0.05) is 5.56 Å². The van der Waals surface area contributed by atoms with Crippen molar-refractivity contribution in [2.45, 2.75) is 20.1 Å². The molecule has 3 amide bonds. The van der Waals surface area contributed by atoms with Crippen LogP contribution in [-0.4, -0.2) is 39.1 Å². The molecular formula is C22H19ClN4O4. The minimum absolute atomic E-state index is 0.0122. The van der Waals surface area contributed by atoms with Crippen molar-refractivity contribution in [2.75, 3.05) is 6.54 Å². The van der Waals surface area contributed by atoms with Crippen LogP contribution in [0.25, 0.3) is 5.69 Å². The van der Waals surface area contributed by atoms with Crippen LogP contribution >= 0.6 is 11.6 Å². The van der Waals surface area contributed by atoms with Crippen LogP contribution in [0.2, 0.25) is 5.15 Å². The molecule has 1 aromatic heterocycles. The highest BCUT2D eigenvalue weighted by atomic mass is 35.5. The monoisotopic (exact) mass is 438 g/mol. The van der Waals surface area contributed by atoms with Crippen LogP contribution in [-0.2, 0) is 22.7 Å². The van der Waals surface area contributed by atoms with E-state index in [-0.39, 0.29) is 31.2 Å². The van der Waals surface area contributed by atoms with Crippen LogP contribution in [0, 0.1) is 6.92 Å². The van der Waals surface area contributed by atoms with Gasteiger partial charge in [-0.3, -0.25) is 9.69 Å². The van der Waals surface area contributed by atoms with Crippen LogP contribution in [0.15, 0.2) is 54.6 Å². The van der Waals surface area contributed by atoms with Crippen molar-refractivity contribution in [3.05, 3.63) is 82.1 Å². The van der Waals surface area contributed by atoms with Crippen molar-refractivity contribution < 1.29 is 19.1 Å². The van der Waals surface area contributed by atoms with E-state index >= 15 is 0 Å². The molecule has 4 rings (SSSR count). The number of benzene rings is 2. The lowest BCUT2D eigenvalue weighted by atomic mass is 10.1. The maximum absolute atomic E-state index is 12.8. The van der Waals surface area contributed by atoms with Crippen molar-refractivity contribution in [3.8, 4) is 5.69 Å². The maximum Gasteiger partial charge on any atom is 0.338 e. The molecule has 0 bridgehead atoms. The van der Waals surface area contributed by atoms with Crippen molar-refractivity contribution in [1.82, 2.24) is 20.0 Å². The van der Waals surface area contributed by atoms with Gasteiger partial charge in [-0.05, 0) is 30.7 Å². The number of rotatable bonds is 6. The van der Waals surface area contributed by atoms with Crippen LogP contribution in [0.3, 0.4) is 0 Å². The number of nitrogens with zero attached hydrogens (tertiary/aromatic N) is 3. The third kappa shape index (κ3) is 4.15. The number of aromatic nitrogens is 2. The summed E-state index contributed by atoms with van der Waals surface area (Å²) in [6, 6.07) is 15.6. The number of hydrogen-bond donors (Lipinski definition) is 1. The number of hydrogen-bond acceptors (Lipinski definition) is 5. The Labute approximate surface area is 183 Å². The van der Waals surface area contributed by atoms with Crippen molar-refractivity contribution in [3.63, 3.8) is 0 Å². The Hall–Kier alpha value is -3.65. The predicted octanol–water partition coefficient (Wildman–Crippen LogP) is 3.24. The van der Waals surface area contributed by atoms with E-state index in [1.165, 1.54) is 0 Å². The SMILES string of the molecule is Cc1nn(-c2ccccc2)c(Cl)c1COC(=O)c1ccccc1CN1C(=O)CNC1=O. The van der Waals surface area contributed by atoms with Gasteiger partial charge >= 0.3 is 12.0 Å². The molecule has 8 nitrogen and oxygen atoms in total. The third-order valence-corrected chi connectivity index (χ3v) is 5.36. The second-order valence-electron chi connectivity index (χ2n) is 6.97. The molecule has 0 aliphatic carbocycles. The second-order valence-corrected chi connectivity index (χ2v) is 7.33. The van der Waals surface area contributed by atoms with E-state index in [0.29, 0.717) is 22.0 Å². The minimum Gasteiger partial charge on any atom is -0.457 e. The van der Waals surface area contributed by atoms with Gasteiger partial charge in [-0.15, -0.1) is 0 Å². The number of nitrogens with one attached hydrogen (secondary N) is 1. The van der Waals surface area contributed by atoms with E-state index in [1.54, 1.807) is 35.9 Å². The lowest BCUT2D eigenvalue weighted by molar-refractivity contribution is -0.125. The first-order valence-electron chi connectivity index (χ1n) is 9.58. The zero-order valence-electron chi connectivity index (χ0n) is 16.7. The molecule has 1 aliphatic rings. The van der Waals surface area contributed by atoms with Gasteiger partial charge in [0.1, 0.15) is 11.8 Å². The van der Waals surface area contributed by atoms with Gasteiger partial charge in [0.15, 0.2) is 0 Å². The Balaban J connectivity index is 1.51. The number of halogens is 1. The third-order valence-electron chi connectivity index (χ3n) is 4.97. The zero-order valence-corrected chi connectivity index (χ0v) is 17.4. The molecular weight excluding hydrogens is 420 g/mol. The minimum atomic E-state index is -0.578. The molecule has 3 aromatic rings. The molecule has 2 aromatic carbocycles. The topological polar surface area (TPSA) is 93.5 Å². The fraction of sp³-hybridized carbons (Fsp3) is 0.182. The Morgan fingerprint density at radius 2 is 1.84 bits per heavy atom. The molecule has 0 unspecified atom stereocenters. The Morgan fingerprint density at radius 3 is 2.55 bits per heavy atom. The van der Waals surface area contributed by atoms with Gasteiger partial charge in [-0.1, -0.05) is 48.0 Å². The lowest BCUT2D eigenvalue weighted by Gasteiger charge is -2.15. The van der Waals surface area contributed by atoms with Crippen LogP contribution in [0.1, 0.15) is 27.2 Å². The molecule has 1 N–H and O–H groups in total. The number of amides is 3. The van der Waals surface area contributed by atoms with E-state index in [9.17, 15) is 14.4 Å². The molecule has 1 fully saturated rings. The summed E-state index contributed by atoms with van der Waals surface area (Å²) in [4.78, 5) is 37.6. The predicted molar refractivity (Wildman–Crippen MR) is 113 cm³/mol. The van der Waals surface area contributed by atoms with E-state index in [1.807, 2.05) is 30.3 Å². The maximum atomic E-state index is 12.8. The first-order chi connectivity index (χ1) is 15.0. The zero-order chi connectivity index (χ0) is 22.0. The van der Waals surface area contributed by atoms with Crippen molar-refractivity contribution in [1.29, 1.82) is 0 Å². The second kappa shape index (κ2) is 8.61. The summed E-state index contributed by atoms with van der Waals surface area (Å²) >= 11 is 6.49. The van der Waals surface area contributed by atoms with Gasteiger partial charge in [0.2, 0.25) is 5.91 Å². The number of urea groups is 1. The van der Waals surface area contributed by atoms with E-state index in [0.717, 1.165) is 10.6 Å². The summed E-state index contributed by atoms with van der Waals surface area (Å²) in [5.74, 6) is -0.922. The number of ether oxygens (including phenoxy) is 1. The summed E-state index contributed by atoms with van der Waals surface area (Å²) in [7, 11) is 0. The number of esters is 1. The fourth-order valence-corrected chi connectivity index (χ4v) is 3.62. The van der Waals surface area contributed by atoms with Crippen LogP contribution in [0.4, 0.5) is 4.79 Å². The molecule has 31 heavy (non-hydrogen) atoms. The highest BCUT2D eigenvalue weighted by molar-refractivity contribution is 6.30. The lowest BCUT2D eigenvalue weighted by Crippen LogP contribution is -2.31. The summed E-state index contributed by atoms with van der Waals surface area (Å²) in [6.45, 7) is 1.67. The molecule has 0 saturated carbocycles. The van der Waals surface area contributed by atoms with Crippen molar-refractivity contribution >= 4 is 29.5 Å². The first-order valence-corrected chi connectivity index (χ1v) is 9.96. The molecule has 0 spiro atoms. The van der Waals surface area contributed by atoms with Gasteiger partial charge in [-0.2, -0.15) is 5.10 Å². The van der Waals surface area contributed by atoms with E-state index in [2.05, 4.69) is 10.4 Å². The van der Waals surface area contributed by atoms with Gasteiger partial charge < -0.3 is 10.1 Å². The van der Waals surface area contributed by atoms with E-state index in [4.69, 9.17) is 16.3 Å². The summed E-state index contributed by atoms with van der Waals surface area (Å²) in [5, 5.41) is 7.26. The Bertz CT molecular complexity index is 1140. The number of carbonyl (C=O) groups is 3. The van der Waals surface area contributed by atoms with Crippen LogP contribution in [0.5, 0.6) is 0 Å². The van der Waals surface area contributed by atoms with Gasteiger partial charge in [0.05, 0.1) is 30.0 Å². The normalized spacial score (nSPS) is 13.4. The van der Waals surface area contributed by atoms with E-state index < -0.39 is 12.0 Å². The molecule has 2 heterocycles. The molecule has 0 radical (unpaired) electrons. The van der Waals surface area contributed by atoms with Crippen LogP contribution < -0.4 is 5.32 Å². The standard InChI is InChI=1S/C22H19ClN4O4/c1-14-18(20(23)27(25-14)16-8-3-2-4-9-16)13-31-21(29)17-10-6-5-7-15(17)12-26-19(28)11-24-22(26)30/h2-10H,11-13H2,1H3,(H,24,30). The van der Waals surface area contributed by atoms with Gasteiger partial charge in [0.25, 0.3) is 0 Å². The summed E-state index contributed by atoms with van der Waals surface area (Å²) < 4.78 is 7.09. The fourth-order valence-electron chi connectivity index (χ4n) is 3.29. The number of imide groups is 1. The Morgan fingerprint density at radius 1 is 1.13 bits per heavy atom. The van der Waals surface area contributed by atoms with Crippen molar-refractivity contribution in [2.24, 2.45) is 0 Å². The first kappa shape index (κ1) is 20.6. The molecule has 1 aliphatic heterocycles. The molecule has 1 saturated heterocycles. The average molecular weight is 439 g/mol. The number of para-hydroxylation sites is 1. The van der Waals surface area contributed by atoms with Gasteiger partial charge in [-0.25, -0.2) is 14.3 Å². The summed E-state index contributed by atoms with van der Waals surface area (Å²) in [5.41, 5.74) is 2.84. The largest absolute Gasteiger partial charge is 0.457 e. The molecule has 9 heteroatoms. The number of carbonyl (C=O) groups excluding carboxylic acids is 3.